The molecule has 0 atom stereocenters. The third-order valence-electron chi connectivity index (χ3n) is 7.81. The van der Waals surface area contributed by atoms with E-state index in [4.69, 9.17) is 4.98 Å². The van der Waals surface area contributed by atoms with Gasteiger partial charge in [0.2, 0.25) is 15.9 Å². The zero-order valence-electron chi connectivity index (χ0n) is 20.0. The number of aryl methyl sites for hydroxylation is 1. The summed E-state index contributed by atoms with van der Waals surface area (Å²) in [7, 11) is -3.81. The van der Waals surface area contributed by atoms with Crippen LogP contribution in [0.15, 0.2) is 23.1 Å². The van der Waals surface area contributed by atoms with Gasteiger partial charge >= 0.3 is 5.97 Å². The molecule has 3 heterocycles. The number of amides is 1. The van der Waals surface area contributed by atoms with E-state index in [9.17, 15) is 23.1 Å². The number of piperidine rings is 2. The number of carbonyl (C=O) groups excluding carboxylic acids is 1. The third kappa shape index (κ3) is 4.68. The number of sulfonamides is 1. The fourth-order valence-electron chi connectivity index (χ4n) is 5.85. The zero-order valence-corrected chi connectivity index (χ0v) is 20.9. The Kier molecular flexibility index (Phi) is 6.81. The monoisotopic (exact) mass is 499 g/mol. The Morgan fingerprint density at radius 1 is 0.914 bits per heavy atom. The van der Waals surface area contributed by atoms with Crippen LogP contribution in [0.5, 0.6) is 0 Å². The average molecular weight is 500 g/mol. The Bertz CT molecular complexity index is 1250. The molecule has 5 rings (SSSR count). The number of rotatable bonds is 4. The first-order valence-electron chi connectivity index (χ1n) is 12.8. The molecule has 0 bridgehead atoms. The second-order valence-corrected chi connectivity index (χ2v) is 12.0. The molecule has 2 fully saturated rings. The van der Waals surface area contributed by atoms with Gasteiger partial charge in [-0.25, -0.2) is 13.2 Å². The molecule has 2 saturated heterocycles. The van der Waals surface area contributed by atoms with Gasteiger partial charge in [-0.3, -0.25) is 9.78 Å². The van der Waals surface area contributed by atoms with Crippen LogP contribution in [0.4, 0.5) is 0 Å². The Balaban J connectivity index is 1.40. The first-order valence-corrected chi connectivity index (χ1v) is 14.3. The van der Waals surface area contributed by atoms with Crippen LogP contribution < -0.4 is 0 Å². The van der Waals surface area contributed by atoms with Crippen molar-refractivity contribution in [2.24, 2.45) is 5.92 Å². The van der Waals surface area contributed by atoms with E-state index >= 15 is 0 Å². The molecule has 1 amide bonds. The van der Waals surface area contributed by atoms with E-state index in [1.54, 1.807) is 6.07 Å². The molecule has 3 aliphatic rings. The fourth-order valence-corrected chi connectivity index (χ4v) is 7.35. The lowest BCUT2D eigenvalue weighted by Crippen LogP contribution is -2.45. The second-order valence-electron chi connectivity index (χ2n) is 10.0. The number of fused-ring (bicyclic) bond motifs is 2. The highest BCUT2D eigenvalue weighted by molar-refractivity contribution is 7.89. The van der Waals surface area contributed by atoms with Crippen LogP contribution in [0, 0.1) is 5.92 Å². The minimum absolute atomic E-state index is 0.0867. The van der Waals surface area contributed by atoms with E-state index in [0.29, 0.717) is 43.3 Å². The number of hydrogen-bond donors (Lipinski definition) is 1. The number of hydrogen-bond acceptors (Lipinski definition) is 5. The summed E-state index contributed by atoms with van der Waals surface area (Å²) in [5.41, 5.74) is 2.28. The fraction of sp³-hybridized carbons (Fsp3) is 0.577. The summed E-state index contributed by atoms with van der Waals surface area (Å²) >= 11 is 0. The van der Waals surface area contributed by atoms with Gasteiger partial charge in [0.1, 0.15) is 0 Å². The summed E-state index contributed by atoms with van der Waals surface area (Å²) in [6, 6.07) is 4.65. The second kappa shape index (κ2) is 9.85. The van der Waals surface area contributed by atoms with Crippen LogP contribution in [0.1, 0.15) is 73.0 Å². The molecule has 2 aliphatic heterocycles. The lowest BCUT2D eigenvalue weighted by Gasteiger charge is -2.35. The molecule has 35 heavy (non-hydrogen) atoms. The van der Waals surface area contributed by atoms with Gasteiger partial charge in [-0.2, -0.15) is 4.31 Å². The van der Waals surface area contributed by atoms with Gasteiger partial charge in [-0.05, 0) is 81.5 Å². The van der Waals surface area contributed by atoms with Crippen molar-refractivity contribution in [3.05, 3.63) is 35.0 Å². The van der Waals surface area contributed by atoms with Crippen molar-refractivity contribution in [3.63, 3.8) is 0 Å². The van der Waals surface area contributed by atoms with Crippen molar-refractivity contribution < 1.29 is 23.1 Å². The van der Waals surface area contributed by atoms with Gasteiger partial charge in [-0.1, -0.05) is 6.42 Å². The van der Waals surface area contributed by atoms with Crippen LogP contribution in [0.3, 0.4) is 0 Å². The number of benzene rings is 1. The summed E-state index contributed by atoms with van der Waals surface area (Å²) in [5.74, 6) is -1.01. The van der Waals surface area contributed by atoms with Crippen LogP contribution in [-0.2, 0) is 27.7 Å². The molecule has 9 heteroatoms. The van der Waals surface area contributed by atoms with Crippen LogP contribution in [0.25, 0.3) is 10.9 Å². The van der Waals surface area contributed by atoms with E-state index < -0.39 is 16.0 Å². The maximum absolute atomic E-state index is 13.5. The molecule has 1 aromatic heterocycles. The SMILES string of the molecule is O=C(O)c1c2c(nc3ccc(S(=O)(=O)N4CCC(C(=O)N5CCCCC5)CC4)cc13)CCCCC2. The van der Waals surface area contributed by atoms with Crippen molar-refractivity contribution in [3.8, 4) is 0 Å². The summed E-state index contributed by atoms with van der Waals surface area (Å²) in [4.78, 5) is 31.9. The summed E-state index contributed by atoms with van der Waals surface area (Å²) in [6.45, 7) is 2.19. The molecule has 188 valence electrons. The van der Waals surface area contributed by atoms with Gasteiger partial charge in [0.05, 0.1) is 16.0 Å². The predicted molar refractivity (Wildman–Crippen MR) is 132 cm³/mol. The Hall–Kier alpha value is -2.52. The van der Waals surface area contributed by atoms with Crippen LogP contribution in [0.2, 0.25) is 0 Å². The van der Waals surface area contributed by atoms with Gasteiger partial charge in [0.25, 0.3) is 0 Å². The molecule has 0 saturated carbocycles. The summed E-state index contributed by atoms with van der Waals surface area (Å²) in [5, 5.41) is 10.4. The number of carboxylic acid groups (broad SMARTS) is 1. The molecule has 2 aromatic rings. The van der Waals surface area contributed by atoms with E-state index in [-0.39, 0.29) is 22.3 Å². The van der Waals surface area contributed by atoms with E-state index in [0.717, 1.165) is 69.3 Å². The Labute approximate surface area is 206 Å². The largest absolute Gasteiger partial charge is 0.478 e. The van der Waals surface area contributed by atoms with E-state index in [2.05, 4.69) is 0 Å². The lowest BCUT2D eigenvalue weighted by atomic mass is 9.95. The molecule has 1 aromatic carbocycles. The molecule has 0 spiro atoms. The minimum Gasteiger partial charge on any atom is -0.478 e. The van der Waals surface area contributed by atoms with Crippen molar-refractivity contribution in [2.45, 2.75) is 69.1 Å². The van der Waals surface area contributed by atoms with Gasteiger partial charge in [-0.15, -0.1) is 0 Å². The standard InChI is InChI=1S/C26H33N3O5S/c30-25(28-13-5-2-6-14-28)18-11-15-29(16-12-18)35(33,34)19-9-10-23-21(17-19)24(26(31)32)20-7-3-1-4-8-22(20)27-23/h9-10,17-18H,1-8,11-16H2,(H,31,32). The Morgan fingerprint density at radius 2 is 1.60 bits per heavy atom. The summed E-state index contributed by atoms with van der Waals surface area (Å²) < 4.78 is 28.4. The quantitative estimate of drug-likeness (QED) is 0.644. The molecular weight excluding hydrogens is 466 g/mol. The van der Waals surface area contributed by atoms with Crippen molar-refractivity contribution >= 4 is 32.8 Å². The third-order valence-corrected chi connectivity index (χ3v) is 9.70. The number of aromatic nitrogens is 1. The molecule has 8 nitrogen and oxygen atoms in total. The highest BCUT2D eigenvalue weighted by Gasteiger charge is 2.34. The van der Waals surface area contributed by atoms with Gasteiger partial charge < -0.3 is 10.0 Å². The first kappa shape index (κ1) is 24.2. The highest BCUT2D eigenvalue weighted by atomic mass is 32.2. The zero-order chi connectivity index (χ0) is 24.6. The highest BCUT2D eigenvalue weighted by Crippen LogP contribution is 2.32. The van der Waals surface area contributed by atoms with Crippen molar-refractivity contribution in [1.29, 1.82) is 0 Å². The molecule has 0 unspecified atom stereocenters. The maximum atomic E-state index is 13.5. The number of carboxylic acids is 1. The van der Waals surface area contributed by atoms with Gasteiger partial charge in [0, 0.05) is 43.2 Å². The first-order chi connectivity index (χ1) is 16.9. The van der Waals surface area contributed by atoms with Crippen molar-refractivity contribution in [2.75, 3.05) is 26.2 Å². The normalized spacial score (nSPS) is 20.4. The number of nitrogens with zero attached hydrogens (tertiary/aromatic N) is 3. The molecular formula is C26H33N3O5S. The Morgan fingerprint density at radius 3 is 2.31 bits per heavy atom. The number of aromatic carboxylic acids is 1. The van der Waals surface area contributed by atoms with Crippen LogP contribution >= 0.6 is 0 Å². The smallest absolute Gasteiger partial charge is 0.336 e. The van der Waals surface area contributed by atoms with Crippen molar-refractivity contribution in [1.82, 2.24) is 14.2 Å². The van der Waals surface area contributed by atoms with E-state index in [1.165, 1.54) is 16.4 Å². The topological polar surface area (TPSA) is 108 Å². The summed E-state index contributed by atoms with van der Waals surface area (Å²) in [6.07, 6.45) is 8.57. The number of carbonyl (C=O) groups is 2. The number of pyridine rings is 1. The van der Waals surface area contributed by atoms with Crippen LogP contribution in [-0.4, -0.2) is 65.8 Å². The van der Waals surface area contributed by atoms with Gasteiger partial charge in [0.15, 0.2) is 0 Å². The minimum atomic E-state index is -3.81. The maximum Gasteiger partial charge on any atom is 0.336 e. The lowest BCUT2D eigenvalue weighted by molar-refractivity contribution is -0.137. The molecule has 0 radical (unpaired) electrons. The molecule has 1 aliphatic carbocycles. The molecule has 1 N–H and O–H groups in total. The predicted octanol–water partition coefficient (Wildman–Crippen LogP) is 3.62. The average Bonchev–Trinajstić information content (AvgIpc) is 3.12. The van der Waals surface area contributed by atoms with E-state index in [1.807, 2.05) is 4.90 Å². The number of likely N-dealkylation sites (tertiary alicyclic amines) is 1.